The number of aromatic hydroxyl groups is 1. The minimum atomic E-state index is -0.240. The SMILES string of the molecule is COc1ccc(-c2ccc(-c3n[nH]c(=O)n3C[C@@H]3CCN(C(=O)C4CC4)C3)cc2)cc1O. The van der Waals surface area contributed by atoms with Gasteiger partial charge >= 0.3 is 5.69 Å². The Morgan fingerprint density at radius 1 is 1.12 bits per heavy atom. The molecule has 1 aromatic heterocycles. The van der Waals surface area contributed by atoms with Crippen LogP contribution < -0.4 is 10.4 Å². The Morgan fingerprint density at radius 2 is 1.84 bits per heavy atom. The molecule has 8 nitrogen and oxygen atoms in total. The van der Waals surface area contributed by atoms with Crippen molar-refractivity contribution in [1.29, 1.82) is 0 Å². The van der Waals surface area contributed by atoms with Gasteiger partial charge in [-0.25, -0.2) is 9.89 Å². The number of nitrogens with one attached hydrogen (secondary N) is 1. The summed E-state index contributed by atoms with van der Waals surface area (Å²) >= 11 is 0. The Hall–Kier alpha value is -3.55. The molecule has 32 heavy (non-hydrogen) atoms. The molecule has 1 atom stereocenters. The normalized spacial score (nSPS) is 18.2. The molecule has 2 aliphatic rings. The van der Waals surface area contributed by atoms with Crippen molar-refractivity contribution in [2.45, 2.75) is 25.8 Å². The number of ether oxygens (including phenoxy) is 1. The lowest BCUT2D eigenvalue weighted by Crippen LogP contribution is -2.31. The first-order valence-electron chi connectivity index (χ1n) is 11.0. The van der Waals surface area contributed by atoms with Gasteiger partial charge in [0.15, 0.2) is 17.3 Å². The van der Waals surface area contributed by atoms with Crippen molar-refractivity contribution in [3.63, 3.8) is 0 Å². The standard InChI is InChI=1S/C24H26N4O4/c1-32-21-9-8-19(12-20(21)29)16-2-4-17(5-3-16)22-25-26-24(31)28(22)14-15-10-11-27(13-15)23(30)18-6-7-18/h2-5,8-9,12,15,18,29H,6-7,10-11,13-14H2,1H3,(H,26,31)/t15-/m1/s1. The molecule has 1 saturated heterocycles. The predicted molar refractivity (Wildman–Crippen MR) is 119 cm³/mol. The maximum absolute atomic E-state index is 12.4. The number of benzene rings is 2. The fourth-order valence-corrected chi connectivity index (χ4v) is 4.42. The van der Waals surface area contributed by atoms with Gasteiger partial charge in [0.25, 0.3) is 0 Å². The van der Waals surface area contributed by atoms with E-state index in [2.05, 4.69) is 10.2 Å². The second-order valence-electron chi connectivity index (χ2n) is 8.64. The number of phenolic OH excluding ortho intramolecular Hbond substituents is 1. The smallest absolute Gasteiger partial charge is 0.343 e. The number of nitrogens with zero attached hydrogens (tertiary/aromatic N) is 3. The molecule has 1 aliphatic carbocycles. The van der Waals surface area contributed by atoms with E-state index in [1.54, 1.807) is 16.7 Å². The number of carbonyl (C=O) groups is 1. The summed E-state index contributed by atoms with van der Waals surface area (Å²) in [6, 6.07) is 13.0. The van der Waals surface area contributed by atoms with E-state index in [4.69, 9.17) is 4.74 Å². The highest BCUT2D eigenvalue weighted by Gasteiger charge is 2.36. The fraction of sp³-hybridized carbons (Fsp3) is 0.375. The van der Waals surface area contributed by atoms with Crippen molar-refractivity contribution in [3.05, 3.63) is 52.9 Å². The van der Waals surface area contributed by atoms with Crippen molar-refractivity contribution >= 4 is 5.91 Å². The number of hydrogen-bond donors (Lipinski definition) is 2. The Kier molecular flexibility index (Phi) is 5.20. The maximum Gasteiger partial charge on any atom is 0.343 e. The molecule has 5 rings (SSSR count). The van der Waals surface area contributed by atoms with E-state index in [1.165, 1.54) is 7.11 Å². The summed E-state index contributed by atoms with van der Waals surface area (Å²) in [5.41, 5.74) is 2.38. The number of aromatic amines is 1. The van der Waals surface area contributed by atoms with E-state index in [-0.39, 0.29) is 29.2 Å². The van der Waals surface area contributed by atoms with Gasteiger partial charge in [0, 0.05) is 31.1 Å². The summed E-state index contributed by atoms with van der Waals surface area (Å²) in [6.07, 6.45) is 2.92. The highest BCUT2D eigenvalue weighted by atomic mass is 16.5. The summed E-state index contributed by atoms with van der Waals surface area (Å²) in [7, 11) is 1.51. The van der Waals surface area contributed by atoms with Gasteiger partial charge in [-0.1, -0.05) is 30.3 Å². The second kappa shape index (κ2) is 8.18. The minimum absolute atomic E-state index is 0.0843. The van der Waals surface area contributed by atoms with E-state index in [0.29, 0.717) is 24.7 Å². The van der Waals surface area contributed by atoms with Gasteiger partial charge in [0.2, 0.25) is 5.91 Å². The number of methoxy groups -OCH3 is 1. The molecule has 2 fully saturated rings. The molecule has 2 N–H and O–H groups in total. The lowest BCUT2D eigenvalue weighted by molar-refractivity contribution is -0.131. The van der Waals surface area contributed by atoms with Crippen LogP contribution in [0.3, 0.4) is 0 Å². The van der Waals surface area contributed by atoms with E-state index in [1.807, 2.05) is 35.2 Å². The molecular weight excluding hydrogens is 408 g/mol. The van der Waals surface area contributed by atoms with Crippen molar-refractivity contribution in [2.75, 3.05) is 20.2 Å². The Labute approximate surface area is 185 Å². The zero-order valence-electron chi connectivity index (χ0n) is 18.0. The monoisotopic (exact) mass is 434 g/mol. The van der Waals surface area contributed by atoms with Crippen LogP contribution in [0.1, 0.15) is 19.3 Å². The molecule has 1 aliphatic heterocycles. The second-order valence-corrected chi connectivity index (χ2v) is 8.64. The number of likely N-dealkylation sites (tertiary alicyclic amines) is 1. The van der Waals surface area contributed by atoms with Crippen LogP contribution >= 0.6 is 0 Å². The molecule has 2 aromatic carbocycles. The molecule has 0 radical (unpaired) electrons. The molecule has 166 valence electrons. The van der Waals surface area contributed by atoms with E-state index >= 15 is 0 Å². The average molecular weight is 434 g/mol. The van der Waals surface area contributed by atoms with Gasteiger partial charge < -0.3 is 14.7 Å². The third kappa shape index (κ3) is 3.88. The van der Waals surface area contributed by atoms with Crippen LogP contribution in [0, 0.1) is 11.8 Å². The average Bonchev–Trinajstić information content (AvgIpc) is 3.46. The van der Waals surface area contributed by atoms with E-state index in [9.17, 15) is 14.7 Å². The van der Waals surface area contributed by atoms with Gasteiger partial charge in [-0.15, -0.1) is 0 Å². The van der Waals surface area contributed by atoms with Gasteiger partial charge in [-0.2, -0.15) is 5.10 Å². The molecule has 0 bridgehead atoms. The molecule has 8 heteroatoms. The predicted octanol–water partition coefficient (Wildman–Crippen LogP) is 2.88. The van der Waals surface area contributed by atoms with Crippen LogP contribution in [0.25, 0.3) is 22.5 Å². The number of aromatic nitrogens is 3. The van der Waals surface area contributed by atoms with Gasteiger partial charge in [-0.05, 0) is 48.4 Å². The molecular formula is C24H26N4O4. The van der Waals surface area contributed by atoms with Crippen molar-refractivity contribution in [2.24, 2.45) is 11.8 Å². The third-order valence-corrected chi connectivity index (χ3v) is 6.38. The zero-order chi connectivity index (χ0) is 22.2. The summed E-state index contributed by atoms with van der Waals surface area (Å²) < 4.78 is 6.77. The van der Waals surface area contributed by atoms with Crippen LogP contribution in [0.5, 0.6) is 11.5 Å². The van der Waals surface area contributed by atoms with Crippen molar-refractivity contribution in [1.82, 2.24) is 19.7 Å². The first-order chi connectivity index (χ1) is 15.5. The first kappa shape index (κ1) is 20.4. The number of H-pyrrole nitrogens is 1. The number of carbonyl (C=O) groups excluding carboxylic acids is 1. The number of amides is 1. The molecule has 1 amide bonds. The maximum atomic E-state index is 12.4. The molecule has 3 aromatic rings. The number of phenols is 1. The van der Waals surface area contributed by atoms with E-state index < -0.39 is 0 Å². The van der Waals surface area contributed by atoms with Crippen molar-refractivity contribution < 1.29 is 14.6 Å². The van der Waals surface area contributed by atoms with Crippen LogP contribution in [0.15, 0.2) is 47.3 Å². The Bertz CT molecular complexity index is 1190. The Morgan fingerprint density at radius 3 is 2.53 bits per heavy atom. The first-order valence-corrected chi connectivity index (χ1v) is 11.0. The van der Waals surface area contributed by atoms with Crippen LogP contribution in [-0.2, 0) is 11.3 Å². The van der Waals surface area contributed by atoms with Crippen molar-refractivity contribution in [3.8, 4) is 34.0 Å². The van der Waals surface area contributed by atoms with E-state index in [0.717, 1.165) is 42.5 Å². The molecule has 0 unspecified atom stereocenters. The lowest BCUT2D eigenvalue weighted by atomic mass is 10.0. The van der Waals surface area contributed by atoms with Gasteiger partial charge in [0.05, 0.1) is 7.11 Å². The molecule has 1 saturated carbocycles. The lowest BCUT2D eigenvalue weighted by Gasteiger charge is -2.16. The van der Waals surface area contributed by atoms with Crippen LogP contribution in [-0.4, -0.2) is 50.9 Å². The summed E-state index contributed by atoms with van der Waals surface area (Å²) in [5.74, 6) is 1.84. The van der Waals surface area contributed by atoms with Crippen LogP contribution in [0.2, 0.25) is 0 Å². The quantitative estimate of drug-likeness (QED) is 0.621. The minimum Gasteiger partial charge on any atom is -0.504 e. The number of hydrogen-bond acceptors (Lipinski definition) is 5. The highest BCUT2D eigenvalue weighted by Crippen LogP contribution is 2.34. The summed E-state index contributed by atoms with van der Waals surface area (Å²) in [6.45, 7) is 2.00. The van der Waals surface area contributed by atoms with Gasteiger partial charge in [0.1, 0.15) is 0 Å². The third-order valence-electron chi connectivity index (χ3n) is 6.38. The summed E-state index contributed by atoms with van der Waals surface area (Å²) in [5, 5.41) is 16.9. The summed E-state index contributed by atoms with van der Waals surface area (Å²) in [4.78, 5) is 26.7. The zero-order valence-corrected chi connectivity index (χ0v) is 18.0. The molecule has 2 heterocycles. The van der Waals surface area contributed by atoms with Crippen LogP contribution in [0.4, 0.5) is 0 Å². The Balaban J connectivity index is 1.33. The largest absolute Gasteiger partial charge is 0.504 e. The number of rotatable bonds is 6. The highest BCUT2D eigenvalue weighted by molar-refractivity contribution is 5.81. The van der Waals surface area contributed by atoms with Gasteiger partial charge in [-0.3, -0.25) is 9.36 Å². The fourth-order valence-electron chi connectivity index (χ4n) is 4.42. The molecule has 0 spiro atoms. The topological polar surface area (TPSA) is 100 Å².